The van der Waals surface area contributed by atoms with Gasteiger partial charge in [-0.15, -0.1) is 0 Å². The summed E-state index contributed by atoms with van der Waals surface area (Å²) in [6.07, 6.45) is 10.3. The van der Waals surface area contributed by atoms with Crippen LogP contribution < -0.4 is 0 Å². The van der Waals surface area contributed by atoms with Gasteiger partial charge in [0.15, 0.2) is 0 Å². The summed E-state index contributed by atoms with van der Waals surface area (Å²) >= 11 is 0. The highest BCUT2D eigenvalue weighted by Crippen LogP contribution is 2.48. The van der Waals surface area contributed by atoms with E-state index in [0.29, 0.717) is 5.41 Å². The molecule has 1 fully saturated rings. The van der Waals surface area contributed by atoms with Crippen LogP contribution in [0.2, 0.25) is 0 Å². The minimum atomic E-state index is -0.441. The van der Waals surface area contributed by atoms with Crippen molar-refractivity contribution >= 4 is 0 Å². The molecule has 2 aliphatic rings. The maximum absolute atomic E-state index is 10.6. The van der Waals surface area contributed by atoms with Crippen molar-refractivity contribution in [1.29, 1.82) is 0 Å². The van der Waals surface area contributed by atoms with E-state index in [1.165, 1.54) is 31.3 Å². The van der Waals surface area contributed by atoms with Crippen molar-refractivity contribution in [3.8, 4) is 0 Å². The lowest BCUT2D eigenvalue weighted by molar-refractivity contribution is 0.0695. The van der Waals surface area contributed by atoms with E-state index in [0.717, 1.165) is 19.3 Å². The Balaban J connectivity index is 2.13. The molecule has 14 heavy (non-hydrogen) atoms. The van der Waals surface area contributed by atoms with Crippen LogP contribution in [0.15, 0.2) is 11.6 Å². The molecule has 1 saturated carbocycles. The molecule has 1 unspecified atom stereocenters. The Morgan fingerprint density at radius 1 is 1.21 bits per heavy atom. The van der Waals surface area contributed by atoms with Crippen molar-refractivity contribution in [2.75, 3.05) is 0 Å². The van der Waals surface area contributed by atoms with E-state index in [-0.39, 0.29) is 0 Å². The first-order valence-electron chi connectivity index (χ1n) is 5.94. The van der Waals surface area contributed by atoms with Gasteiger partial charge in [0.2, 0.25) is 0 Å². The number of rotatable bonds is 1. The lowest BCUT2D eigenvalue weighted by Crippen LogP contribution is -2.29. The van der Waals surface area contributed by atoms with Crippen LogP contribution in [0.3, 0.4) is 0 Å². The van der Waals surface area contributed by atoms with Crippen LogP contribution in [0.5, 0.6) is 0 Å². The first-order chi connectivity index (χ1) is 6.52. The van der Waals surface area contributed by atoms with Gasteiger partial charge in [0.1, 0.15) is 0 Å². The average molecular weight is 194 g/mol. The molecule has 2 rings (SSSR count). The van der Waals surface area contributed by atoms with Crippen molar-refractivity contribution in [2.24, 2.45) is 5.41 Å². The van der Waals surface area contributed by atoms with Crippen molar-refractivity contribution in [1.82, 2.24) is 0 Å². The monoisotopic (exact) mass is 194 g/mol. The zero-order valence-electron chi connectivity index (χ0n) is 9.47. The van der Waals surface area contributed by atoms with Gasteiger partial charge >= 0.3 is 0 Å². The zero-order valence-corrected chi connectivity index (χ0v) is 9.47. The lowest BCUT2D eigenvalue weighted by atomic mass is 9.81. The highest BCUT2D eigenvalue weighted by molar-refractivity contribution is 5.21. The first-order valence-corrected chi connectivity index (χ1v) is 5.94. The standard InChI is InChI=1S/C13H22O/c1-12(2)8-9-13(14,10-12)11-6-4-3-5-7-11/h6,14H,3-5,7-10H2,1-2H3. The van der Waals surface area contributed by atoms with Gasteiger partial charge in [-0.05, 0) is 55.9 Å². The summed E-state index contributed by atoms with van der Waals surface area (Å²) in [5, 5.41) is 10.6. The van der Waals surface area contributed by atoms with E-state index in [4.69, 9.17) is 0 Å². The number of aliphatic hydroxyl groups is 1. The molecule has 1 atom stereocenters. The molecule has 0 radical (unpaired) electrons. The van der Waals surface area contributed by atoms with Crippen LogP contribution in [0, 0.1) is 5.41 Å². The summed E-state index contributed by atoms with van der Waals surface area (Å²) in [4.78, 5) is 0. The van der Waals surface area contributed by atoms with Gasteiger partial charge in [-0.2, -0.15) is 0 Å². The Hall–Kier alpha value is -0.300. The van der Waals surface area contributed by atoms with Crippen LogP contribution in [-0.2, 0) is 0 Å². The minimum absolute atomic E-state index is 0.340. The molecule has 0 amide bonds. The summed E-state index contributed by atoms with van der Waals surface area (Å²) < 4.78 is 0. The van der Waals surface area contributed by atoms with E-state index in [2.05, 4.69) is 19.9 Å². The molecule has 0 aromatic heterocycles. The molecule has 1 N–H and O–H groups in total. The summed E-state index contributed by atoms with van der Waals surface area (Å²) in [5.74, 6) is 0. The van der Waals surface area contributed by atoms with E-state index in [9.17, 15) is 5.11 Å². The summed E-state index contributed by atoms with van der Waals surface area (Å²) in [6, 6.07) is 0. The fourth-order valence-corrected chi connectivity index (χ4v) is 3.05. The predicted molar refractivity (Wildman–Crippen MR) is 59.1 cm³/mol. The number of allylic oxidation sites excluding steroid dienone is 1. The average Bonchev–Trinajstić information content (AvgIpc) is 2.44. The summed E-state index contributed by atoms with van der Waals surface area (Å²) in [7, 11) is 0. The van der Waals surface area contributed by atoms with Gasteiger partial charge in [0, 0.05) is 0 Å². The number of hydrogen-bond donors (Lipinski definition) is 1. The molecule has 0 spiro atoms. The van der Waals surface area contributed by atoms with Crippen LogP contribution >= 0.6 is 0 Å². The third kappa shape index (κ3) is 1.88. The lowest BCUT2D eigenvalue weighted by Gasteiger charge is -2.30. The topological polar surface area (TPSA) is 20.2 Å². The molecule has 0 aromatic carbocycles. The predicted octanol–water partition coefficient (Wildman–Crippen LogP) is 3.43. The van der Waals surface area contributed by atoms with Crippen LogP contribution in [0.1, 0.15) is 58.8 Å². The molecule has 0 aromatic rings. The van der Waals surface area contributed by atoms with Crippen LogP contribution in [0.25, 0.3) is 0 Å². The largest absolute Gasteiger partial charge is 0.385 e. The summed E-state index contributed by atoms with van der Waals surface area (Å²) in [5.41, 5.74) is 1.24. The summed E-state index contributed by atoms with van der Waals surface area (Å²) in [6.45, 7) is 4.54. The van der Waals surface area contributed by atoms with Crippen LogP contribution in [-0.4, -0.2) is 10.7 Å². The van der Waals surface area contributed by atoms with Gasteiger partial charge in [-0.3, -0.25) is 0 Å². The van der Waals surface area contributed by atoms with Crippen molar-refractivity contribution < 1.29 is 5.11 Å². The molecule has 0 heterocycles. The number of hydrogen-bond acceptors (Lipinski definition) is 1. The highest BCUT2D eigenvalue weighted by atomic mass is 16.3. The molecule has 1 nitrogen and oxygen atoms in total. The van der Waals surface area contributed by atoms with Gasteiger partial charge < -0.3 is 5.11 Å². The minimum Gasteiger partial charge on any atom is -0.385 e. The first kappa shape index (κ1) is 10.2. The van der Waals surface area contributed by atoms with E-state index >= 15 is 0 Å². The molecule has 0 bridgehead atoms. The second-order valence-corrected chi connectivity index (χ2v) is 5.85. The molecular formula is C13H22O. The Morgan fingerprint density at radius 3 is 2.50 bits per heavy atom. The van der Waals surface area contributed by atoms with Crippen molar-refractivity contribution in [3.63, 3.8) is 0 Å². The Labute approximate surface area is 87.2 Å². The molecule has 0 saturated heterocycles. The maximum atomic E-state index is 10.6. The third-order valence-electron chi connectivity index (χ3n) is 3.88. The molecule has 1 heteroatoms. The molecule has 80 valence electrons. The zero-order chi connectivity index (χ0) is 10.2. The second-order valence-electron chi connectivity index (χ2n) is 5.85. The molecule has 0 aliphatic heterocycles. The fraction of sp³-hybridized carbons (Fsp3) is 0.846. The van der Waals surface area contributed by atoms with Gasteiger partial charge in [0.25, 0.3) is 0 Å². The van der Waals surface area contributed by atoms with E-state index in [1.807, 2.05) is 0 Å². The second kappa shape index (κ2) is 3.37. The van der Waals surface area contributed by atoms with E-state index in [1.54, 1.807) is 0 Å². The SMILES string of the molecule is CC1(C)CCC(O)(C2=CCCCC2)C1. The Morgan fingerprint density at radius 2 is 2.00 bits per heavy atom. The highest BCUT2D eigenvalue weighted by Gasteiger charge is 2.43. The quantitative estimate of drug-likeness (QED) is 0.634. The van der Waals surface area contributed by atoms with Gasteiger partial charge in [-0.1, -0.05) is 19.9 Å². The fourth-order valence-electron chi connectivity index (χ4n) is 3.05. The maximum Gasteiger partial charge on any atom is 0.0862 e. The van der Waals surface area contributed by atoms with Gasteiger partial charge in [-0.25, -0.2) is 0 Å². The Bertz CT molecular complexity index is 252. The van der Waals surface area contributed by atoms with E-state index < -0.39 is 5.60 Å². The molecule has 2 aliphatic carbocycles. The third-order valence-corrected chi connectivity index (χ3v) is 3.88. The van der Waals surface area contributed by atoms with Crippen molar-refractivity contribution in [2.45, 2.75) is 64.4 Å². The van der Waals surface area contributed by atoms with Crippen molar-refractivity contribution in [3.05, 3.63) is 11.6 Å². The normalized spacial score (nSPS) is 36.9. The molecular weight excluding hydrogens is 172 g/mol. The Kier molecular flexibility index (Phi) is 2.46. The van der Waals surface area contributed by atoms with Crippen LogP contribution in [0.4, 0.5) is 0 Å². The smallest absolute Gasteiger partial charge is 0.0862 e. The van der Waals surface area contributed by atoms with Gasteiger partial charge in [0.05, 0.1) is 5.60 Å².